The number of rotatable bonds is 7. The summed E-state index contributed by atoms with van der Waals surface area (Å²) in [6.45, 7) is 5.32. The molecule has 1 aromatic heterocycles. The fourth-order valence-corrected chi connectivity index (χ4v) is 2.14. The molecule has 126 valence electrons. The van der Waals surface area contributed by atoms with E-state index in [4.69, 9.17) is 11.6 Å². The summed E-state index contributed by atoms with van der Waals surface area (Å²) < 4.78 is 2.03. The molecule has 0 bridgehead atoms. The second-order valence-corrected chi connectivity index (χ2v) is 5.30. The van der Waals surface area contributed by atoms with Crippen molar-refractivity contribution in [3.63, 3.8) is 0 Å². The Labute approximate surface area is 159 Å². The summed E-state index contributed by atoms with van der Waals surface area (Å²) in [5.41, 5.74) is 1.24. The summed E-state index contributed by atoms with van der Waals surface area (Å²) in [4.78, 5) is 8.61. The molecule has 7 heteroatoms. The minimum atomic E-state index is 0. The van der Waals surface area contributed by atoms with E-state index in [9.17, 15) is 0 Å². The van der Waals surface area contributed by atoms with Crippen LogP contribution in [0.2, 0.25) is 5.02 Å². The van der Waals surface area contributed by atoms with Crippen molar-refractivity contribution in [1.29, 1.82) is 0 Å². The van der Waals surface area contributed by atoms with Gasteiger partial charge in [0.25, 0.3) is 0 Å². The molecule has 2 aromatic rings. The average molecular weight is 448 g/mol. The summed E-state index contributed by atoms with van der Waals surface area (Å²) in [6.07, 6.45) is 6.44. The van der Waals surface area contributed by atoms with Crippen molar-refractivity contribution >= 4 is 41.5 Å². The summed E-state index contributed by atoms with van der Waals surface area (Å²) >= 11 is 5.88. The molecule has 2 N–H and O–H groups in total. The number of guanidine groups is 1. The highest BCUT2D eigenvalue weighted by atomic mass is 127. The normalized spacial score (nSPS) is 11.0. The Kier molecular flexibility index (Phi) is 9.70. The van der Waals surface area contributed by atoms with Gasteiger partial charge in [-0.25, -0.2) is 4.98 Å². The van der Waals surface area contributed by atoms with Crippen LogP contribution in [0.4, 0.5) is 0 Å². The van der Waals surface area contributed by atoms with Crippen LogP contribution in [0.3, 0.4) is 0 Å². The molecule has 0 spiro atoms. The second-order valence-electron chi connectivity index (χ2n) is 4.86. The molecule has 0 amide bonds. The predicted molar refractivity (Wildman–Crippen MR) is 107 cm³/mol. The minimum Gasteiger partial charge on any atom is -0.357 e. The lowest BCUT2D eigenvalue weighted by atomic mass is 10.1. The van der Waals surface area contributed by atoms with E-state index in [-0.39, 0.29) is 24.0 Å². The van der Waals surface area contributed by atoms with Crippen molar-refractivity contribution in [2.75, 3.05) is 19.6 Å². The molecule has 0 saturated heterocycles. The van der Waals surface area contributed by atoms with E-state index in [1.54, 1.807) is 6.20 Å². The zero-order valence-electron chi connectivity index (χ0n) is 13.2. The highest BCUT2D eigenvalue weighted by Gasteiger charge is 1.98. The van der Waals surface area contributed by atoms with E-state index in [0.717, 1.165) is 43.6 Å². The molecule has 0 atom stereocenters. The Balaban J connectivity index is 0.00000264. The highest BCUT2D eigenvalue weighted by molar-refractivity contribution is 14.0. The largest absolute Gasteiger partial charge is 0.357 e. The van der Waals surface area contributed by atoms with Crippen LogP contribution in [0.25, 0.3) is 0 Å². The van der Waals surface area contributed by atoms with Crippen LogP contribution in [-0.2, 0) is 13.0 Å². The van der Waals surface area contributed by atoms with Crippen molar-refractivity contribution in [3.05, 3.63) is 53.6 Å². The zero-order chi connectivity index (χ0) is 15.6. The van der Waals surface area contributed by atoms with Gasteiger partial charge in [0.05, 0.1) is 6.33 Å². The van der Waals surface area contributed by atoms with Crippen LogP contribution < -0.4 is 10.6 Å². The number of halogens is 2. The Morgan fingerprint density at radius 3 is 2.70 bits per heavy atom. The lowest BCUT2D eigenvalue weighted by Crippen LogP contribution is -2.39. The topological polar surface area (TPSA) is 54.2 Å². The molecule has 0 radical (unpaired) electrons. The molecule has 1 aromatic carbocycles. The maximum Gasteiger partial charge on any atom is 0.191 e. The average Bonchev–Trinajstić information content (AvgIpc) is 3.02. The molecule has 0 aliphatic rings. The monoisotopic (exact) mass is 447 g/mol. The quantitative estimate of drug-likeness (QED) is 0.390. The fraction of sp³-hybridized carbons (Fsp3) is 0.375. The first kappa shape index (κ1) is 19.8. The smallest absolute Gasteiger partial charge is 0.191 e. The molecule has 0 aliphatic heterocycles. The number of benzene rings is 1. The maximum atomic E-state index is 5.88. The van der Waals surface area contributed by atoms with Gasteiger partial charge < -0.3 is 15.2 Å². The third kappa shape index (κ3) is 7.69. The van der Waals surface area contributed by atoms with Gasteiger partial charge in [-0.1, -0.05) is 23.7 Å². The molecule has 0 aliphatic carbocycles. The van der Waals surface area contributed by atoms with E-state index >= 15 is 0 Å². The second kappa shape index (κ2) is 11.3. The molecular weight excluding hydrogens is 425 g/mol. The predicted octanol–water partition coefficient (Wildman–Crippen LogP) is 2.95. The lowest BCUT2D eigenvalue weighted by Gasteiger charge is -2.11. The van der Waals surface area contributed by atoms with E-state index < -0.39 is 0 Å². The number of hydrogen-bond donors (Lipinski definition) is 2. The van der Waals surface area contributed by atoms with E-state index in [0.29, 0.717) is 0 Å². The van der Waals surface area contributed by atoms with Gasteiger partial charge in [-0.15, -0.1) is 24.0 Å². The third-order valence-corrected chi connectivity index (χ3v) is 3.40. The summed E-state index contributed by atoms with van der Waals surface area (Å²) in [5, 5.41) is 7.34. The Morgan fingerprint density at radius 1 is 1.26 bits per heavy atom. The number of aliphatic imine (C=N–C) groups is 1. The Morgan fingerprint density at radius 2 is 2.04 bits per heavy atom. The van der Waals surface area contributed by atoms with Crippen molar-refractivity contribution in [3.8, 4) is 0 Å². The van der Waals surface area contributed by atoms with Gasteiger partial charge in [0.15, 0.2) is 5.96 Å². The molecule has 1 heterocycles. The number of imidazole rings is 1. The van der Waals surface area contributed by atoms with E-state index in [1.807, 2.05) is 41.4 Å². The SMILES string of the molecule is CCNC(=NCCc1ccc(Cl)cc1)NCCn1ccnc1.I. The van der Waals surface area contributed by atoms with Gasteiger partial charge in [-0.2, -0.15) is 0 Å². The number of aromatic nitrogens is 2. The number of nitrogens with zero attached hydrogens (tertiary/aromatic N) is 3. The van der Waals surface area contributed by atoms with Crippen molar-refractivity contribution in [2.45, 2.75) is 19.9 Å². The Bertz CT molecular complexity index is 569. The van der Waals surface area contributed by atoms with Gasteiger partial charge in [0.2, 0.25) is 0 Å². The molecule has 23 heavy (non-hydrogen) atoms. The number of hydrogen-bond acceptors (Lipinski definition) is 2. The molecule has 0 unspecified atom stereocenters. The van der Waals surface area contributed by atoms with E-state index in [1.165, 1.54) is 5.56 Å². The van der Waals surface area contributed by atoms with Gasteiger partial charge in [0.1, 0.15) is 0 Å². The van der Waals surface area contributed by atoms with Crippen LogP contribution in [-0.4, -0.2) is 35.1 Å². The van der Waals surface area contributed by atoms with Crippen LogP contribution in [0, 0.1) is 0 Å². The van der Waals surface area contributed by atoms with Crippen molar-refractivity contribution < 1.29 is 0 Å². The first-order valence-electron chi connectivity index (χ1n) is 7.50. The fourth-order valence-electron chi connectivity index (χ4n) is 2.01. The highest BCUT2D eigenvalue weighted by Crippen LogP contribution is 2.09. The molecule has 5 nitrogen and oxygen atoms in total. The minimum absolute atomic E-state index is 0. The summed E-state index contributed by atoms with van der Waals surface area (Å²) in [5.74, 6) is 0.844. The lowest BCUT2D eigenvalue weighted by molar-refractivity contribution is 0.662. The van der Waals surface area contributed by atoms with Crippen LogP contribution >= 0.6 is 35.6 Å². The van der Waals surface area contributed by atoms with Gasteiger partial charge >= 0.3 is 0 Å². The van der Waals surface area contributed by atoms with Gasteiger partial charge in [0, 0.05) is 43.6 Å². The van der Waals surface area contributed by atoms with Crippen LogP contribution in [0.5, 0.6) is 0 Å². The van der Waals surface area contributed by atoms with Crippen LogP contribution in [0.15, 0.2) is 48.0 Å². The van der Waals surface area contributed by atoms with Gasteiger partial charge in [-0.3, -0.25) is 4.99 Å². The maximum absolute atomic E-state index is 5.88. The summed E-state index contributed by atoms with van der Waals surface area (Å²) in [7, 11) is 0. The molecule has 0 saturated carbocycles. The first-order chi connectivity index (χ1) is 10.8. The summed E-state index contributed by atoms with van der Waals surface area (Å²) in [6, 6.07) is 7.90. The number of nitrogens with one attached hydrogen (secondary N) is 2. The standard InChI is InChI=1S/C16H22ClN5.HI/c1-2-19-16(21-10-12-22-11-9-18-13-22)20-8-7-14-3-5-15(17)6-4-14;/h3-6,9,11,13H,2,7-8,10,12H2,1H3,(H2,19,20,21);1H. The third-order valence-electron chi connectivity index (χ3n) is 3.15. The zero-order valence-corrected chi connectivity index (χ0v) is 16.3. The van der Waals surface area contributed by atoms with Crippen molar-refractivity contribution in [2.24, 2.45) is 4.99 Å². The molecule has 2 rings (SSSR count). The Hall–Kier alpha value is -1.28. The first-order valence-corrected chi connectivity index (χ1v) is 7.88. The van der Waals surface area contributed by atoms with Crippen LogP contribution in [0.1, 0.15) is 12.5 Å². The molecular formula is C16H23ClIN5. The molecule has 0 fully saturated rings. The van der Waals surface area contributed by atoms with Gasteiger partial charge in [-0.05, 0) is 31.0 Å². The van der Waals surface area contributed by atoms with Crippen molar-refractivity contribution in [1.82, 2.24) is 20.2 Å². The van der Waals surface area contributed by atoms with E-state index in [2.05, 4.69) is 27.5 Å².